The molecule has 0 amide bonds. The zero-order chi connectivity index (χ0) is 11.7. The fourth-order valence-corrected chi connectivity index (χ4v) is 1.80. The van der Waals surface area contributed by atoms with Gasteiger partial charge in [0.05, 0.1) is 12.1 Å². The average Bonchev–Trinajstić information content (AvgIpc) is 2.60. The van der Waals surface area contributed by atoms with Crippen molar-refractivity contribution in [2.24, 2.45) is 0 Å². The predicted molar refractivity (Wildman–Crippen MR) is 59.7 cm³/mol. The van der Waals surface area contributed by atoms with Crippen molar-refractivity contribution >= 4 is 11.5 Å². The summed E-state index contributed by atoms with van der Waals surface area (Å²) >= 11 is 0. The summed E-state index contributed by atoms with van der Waals surface area (Å²) < 4.78 is 1.81. The number of nitrogens with one attached hydrogen (secondary N) is 1. The maximum Gasteiger partial charge on any atom is 0.356 e. The van der Waals surface area contributed by atoms with Gasteiger partial charge in [-0.15, -0.1) is 0 Å². The molecule has 16 heavy (non-hydrogen) atoms. The van der Waals surface area contributed by atoms with E-state index in [1.165, 1.54) is 0 Å². The molecule has 2 rings (SSSR count). The monoisotopic (exact) mass is 219 g/mol. The van der Waals surface area contributed by atoms with Crippen LogP contribution in [0.5, 0.6) is 0 Å². The van der Waals surface area contributed by atoms with Crippen LogP contribution in [0.2, 0.25) is 0 Å². The SMILES string of the molecule is CNCc1nc(C(=O)O)c2c(C)cccn12. The van der Waals surface area contributed by atoms with E-state index < -0.39 is 5.97 Å². The molecule has 0 unspecified atom stereocenters. The lowest BCUT2D eigenvalue weighted by molar-refractivity contribution is 0.0693. The molecule has 0 aliphatic heterocycles. The van der Waals surface area contributed by atoms with Crippen molar-refractivity contribution in [2.75, 3.05) is 7.05 Å². The maximum atomic E-state index is 11.1. The van der Waals surface area contributed by atoms with E-state index in [0.717, 1.165) is 5.56 Å². The van der Waals surface area contributed by atoms with Crippen LogP contribution in [-0.2, 0) is 6.54 Å². The zero-order valence-electron chi connectivity index (χ0n) is 9.19. The van der Waals surface area contributed by atoms with E-state index in [1.54, 1.807) is 7.05 Å². The summed E-state index contributed by atoms with van der Waals surface area (Å²) in [7, 11) is 1.80. The number of fused-ring (bicyclic) bond motifs is 1. The van der Waals surface area contributed by atoms with Crippen LogP contribution in [-0.4, -0.2) is 27.5 Å². The summed E-state index contributed by atoms with van der Waals surface area (Å²) in [6, 6.07) is 3.77. The molecule has 2 N–H and O–H groups in total. The number of rotatable bonds is 3. The number of carboxylic acids is 1. The Hall–Kier alpha value is -1.88. The van der Waals surface area contributed by atoms with E-state index in [1.807, 2.05) is 29.7 Å². The number of aryl methyl sites for hydroxylation is 1. The van der Waals surface area contributed by atoms with Gasteiger partial charge in [-0.2, -0.15) is 0 Å². The van der Waals surface area contributed by atoms with Gasteiger partial charge in [0.25, 0.3) is 0 Å². The fourth-order valence-electron chi connectivity index (χ4n) is 1.80. The molecule has 0 aliphatic carbocycles. The average molecular weight is 219 g/mol. The Labute approximate surface area is 92.7 Å². The first-order chi connectivity index (χ1) is 7.65. The van der Waals surface area contributed by atoms with E-state index in [-0.39, 0.29) is 5.69 Å². The molecule has 0 saturated carbocycles. The summed E-state index contributed by atoms with van der Waals surface area (Å²) in [5.41, 5.74) is 1.69. The highest BCUT2D eigenvalue weighted by atomic mass is 16.4. The smallest absolute Gasteiger partial charge is 0.356 e. The van der Waals surface area contributed by atoms with Crippen LogP contribution in [0.3, 0.4) is 0 Å². The molecule has 0 spiro atoms. The van der Waals surface area contributed by atoms with Crippen LogP contribution in [0.4, 0.5) is 0 Å². The Morgan fingerprint density at radius 3 is 3.00 bits per heavy atom. The highest BCUT2D eigenvalue weighted by Crippen LogP contribution is 2.17. The van der Waals surface area contributed by atoms with Gasteiger partial charge in [0, 0.05) is 6.20 Å². The highest BCUT2D eigenvalue weighted by molar-refractivity contribution is 5.94. The highest BCUT2D eigenvalue weighted by Gasteiger charge is 2.17. The normalized spacial score (nSPS) is 10.9. The summed E-state index contributed by atoms with van der Waals surface area (Å²) in [6.45, 7) is 2.42. The second-order valence-electron chi connectivity index (χ2n) is 3.62. The minimum Gasteiger partial charge on any atom is -0.476 e. The van der Waals surface area contributed by atoms with Gasteiger partial charge in [0.1, 0.15) is 5.82 Å². The molecule has 2 aromatic heterocycles. The second kappa shape index (κ2) is 3.94. The van der Waals surface area contributed by atoms with Crippen molar-refractivity contribution in [1.82, 2.24) is 14.7 Å². The third-order valence-electron chi connectivity index (χ3n) is 2.48. The zero-order valence-corrected chi connectivity index (χ0v) is 9.19. The summed E-state index contributed by atoms with van der Waals surface area (Å²) in [4.78, 5) is 15.2. The molecular weight excluding hydrogens is 206 g/mol. The van der Waals surface area contributed by atoms with Gasteiger partial charge in [-0.3, -0.25) is 0 Å². The van der Waals surface area contributed by atoms with E-state index >= 15 is 0 Å². The molecule has 5 nitrogen and oxygen atoms in total. The Bertz CT molecular complexity index is 545. The Morgan fingerprint density at radius 1 is 1.62 bits per heavy atom. The first kappa shape index (κ1) is 10.6. The minimum atomic E-state index is -0.992. The Balaban J connectivity index is 2.76. The van der Waals surface area contributed by atoms with Crippen molar-refractivity contribution in [3.8, 4) is 0 Å². The third kappa shape index (κ3) is 1.55. The van der Waals surface area contributed by atoms with E-state index in [9.17, 15) is 4.79 Å². The number of nitrogens with zero attached hydrogens (tertiary/aromatic N) is 2. The molecule has 2 aromatic rings. The molecule has 5 heteroatoms. The quantitative estimate of drug-likeness (QED) is 0.810. The van der Waals surface area contributed by atoms with Crippen molar-refractivity contribution in [3.05, 3.63) is 35.4 Å². The van der Waals surface area contributed by atoms with Crippen molar-refractivity contribution in [1.29, 1.82) is 0 Å². The topological polar surface area (TPSA) is 66.6 Å². The summed E-state index contributed by atoms with van der Waals surface area (Å²) in [6.07, 6.45) is 1.83. The summed E-state index contributed by atoms with van der Waals surface area (Å²) in [5.74, 6) is -0.284. The van der Waals surface area contributed by atoms with Crippen LogP contribution >= 0.6 is 0 Å². The molecule has 0 bridgehead atoms. The lowest BCUT2D eigenvalue weighted by Crippen LogP contribution is -2.08. The molecule has 0 aromatic carbocycles. The van der Waals surface area contributed by atoms with E-state index in [2.05, 4.69) is 10.3 Å². The standard InChI is InChI=1S/C11H13N3O2/c1-7-4-3-5-14-8(6-12-2)13-9(10(7)14)11(15)16/h3-5,12H,6H2,1-2H3,(H,15,16). The van der Waals surface area contributed by atoms with Crippen LogP contribution < -0.4 is 5.32 Å². The number of pyridine rings is 1. The van der Waals surface area contributed by atoms with Crippen LogP contribution in [0.15, 0.2) is 18.3 Å². The molecule has 0 saturated heterocycles. The molecule has 0 radical (unpaired) electrons. The summed E-state index contributed by atoms with van der Waals surface area (Å²) in [5, 5.41) is 12.1. The van der Waals surface area contributed by atoms with Crippen molar-refractivity contribution in [3.63, 3.8) is 0 Å². The largest absolute Gasteiger partial charge is 0.476 e. The van der Waals surface area contributed by atoms with Crippen molar-refractivity contribution in [2.45, 2.75) is 13.5 Å². The Kier molecular flexibility index (Phi) is 2.62. The van der Waals surface area contributed by atoms with Crippen LogP contribution in [0, 0.1) is 6.92 Å². The lowest BCUT2D eigenvalue weighted by atomic mass is 10.2. The van der Waals surface area contributed by atoms with E-state index in [4.69, 9.17) is 5.11 Å². The number of aromatic nitrogens is 2. The molecule has 2 heterocycles. The first-order valence-corrected chi connectivity index (χ1v) is 4.99. The molecule has 0 atom stereocenters. The van der Waals surface area contributed by atoms with Gasteiger partial charge >= 0.3 is 5.97 Å². The third-order valence-corrected chi connectivity index (χ3v) is 2.48. The van der Waals surface area contributed by atoms with Crippen LogP contribution in [0.25, 0.3) is 5.52 Å². The van der Waals surface area contributed by atoms with E-state index in [0.29, 0.717) is 17.9 Å². The van der Waals surface area contributed by atoms with Gasteiger partial charge in [-0.25, -0.2) is 9.78 Å². The lowest BCUT2D eigenvalue weighted by Gasteiger charge is -2.01. The number of hydrogen-bond acceptors (Lipinski definition) is 3. The maximum absolute atomic E-state index is 11.1. The number of hydrogen-bond donors (Lipinski definition) is 2. The van der Waals surface area contributed by atoms with Crippen LogP contribution in [0.1, 0.15) is 21.9 Å². The number of carbonyl (C=O) groups is 1. The van der Waals surface area contributed by atoms with Gasteiger partial charge in [-0.05, 0) is 25.6 Å². The van der Waals surface area contributed by atoms with Gasteiger partial charge in [0.15, 0.2) is 5.69 Å². The van der Waals surface area contributed by atoms with Gasteiger partial charge in [-0.1, -0.05) is 6.07 Å². The number of imidazole rings is 1. The number of aromatic carboxylic acids is 1. The predicted octanol–water partition coefficient (Wildman–Crippen LogP) is 1.06. The molecular formula is C11H13N3O2. The van der Waals surface area contributed by atoms with Gasteiger partial charge < -0.3 is 14.8 Å². The molecule has 0 aliphatic rings. The molecule has 84 valence electrons. The minimum absolute atomic E-state index is 0.114. The number of carboxylic acid groups (broad SMARTS) is 1. The molecule has 0 fully saturated rings. The van der Waals surface area contributed by atoms with Gasteiger partial charge in [0.2, 0.25) is 0 Å². The van der Waals surface area contributed by atoms with Crippen molar-refractivity contribution < 1.29 is 9.90 Å². The first-order valence-electron chi connectivity index (χ1n) is 4.99. The second-order valence-corrected chi connectivity index (χ2v) is 3.62. The fraction of sp³-hybridized carbons (Fsp3) is 0.273. The Morgan fingerprint density at radius 2 is 2.38 bits per heavy atom.